The van der Waals surface area contributed by atoms with Crippen LogP contribution in [0.3, 0.4) is 0 Å². The highest BCUT2D eigenvalue weighted by Crippen LogP contribution is 2.28. The normalized spacial score (nSPS) is 11.4. The van der Waals surface area contributed by atoms with E-state index in [1.807, 2.05) is 6.92 Å². The third-order valence-corrected chi connectivity index (χ3v) is 3.72. The molecule has 0 fully saturated rings. The van der Waals surface area contributed by atoms with Gasteiger partial charge in [0.25, 0.3) is 0 Å². The van der Waals surface area contributed by atoms with Gasteiger partial charge in [-0.2, -0.15) is 0 Å². The van der Waals surface area contributed by atoms with Crippen molar-refractivity contribution in [1.82, 2.24) is 0 Å². The van der Waals surface area contributed by atoms with Gasteiger partial charge in [0.05, 0.1) is 26.4 Å². The first-order chi connectivity index (χ1) is 12.5. The Labute approximate surface area is 152 Å². The van der Waals surface area contributed by atoms with E-state index in [0.717, 1.165) is 0 Å². The zero-order valence-electron chi connectivity index (χ0n) is 15.3. The Morgan fingerprint density at radius 1 is 0.923 bits per heavy atom. The van der Waals surface area contributed by atoms with E-state index in [2.05, 4.69) is 0 Å². The molecule has 0 aliphatic carbocycles. The van der Waals surface area contributed by atoms with E-state index in [-0.39, 0.29) is 11.3 Å². The van der Waals surface area contributed by atoms with Crippen LogP contribution in [0.1, 0.15) is 34.6 Å². The van der Waals surface area contributed by atoms with Crippen molar-refractivity contribution < 1.29 is 28.5 Å². The molecule has 0 spiro atoms. The lowest BCUT2D eigenvalue weighted by Crippen LogP contribution is -2.24. The summed E-state index contributed by atoms with van der Waals surface area (Å²) in [5.74, 6) is 0.689. The number of hydrogen-bond acceptors (Lipinski definition) is 6. The maximum absolute atomic E-state index is 12.4. The molecule has 0 saturated carbocycles. The topological polar surface area (TPSA) is 71.1 Å². The number of ether oxygens (including phenoxy) is 4. The Morgan fingerprint density at radius 2 is 1.54 bits per heavy atom. The first-order valence-electron chi connectivity index (χ1n) is 8.20. The number of hydrogen-bond donors (Lipinski definition) is 0. The zero-order valence-corrected chi connectivity index (χ0v) is 15.3. The van der Waals surface area contributed by atoms with Crippen LogP contribution in [0.25, 0.3) is 0 Å². The molecular weight excluding hydrogens is 336 g/mol. The van der Waals surface area contributed by atoms with E-state index in [4.69, 9.17) is 18.9 Å². The van der Waals surface area contributed by atoms with E-state index in [9.17, 15) is 9.59 Å². The fourth-order valence-corrected chi connectivity index (χ4v) is 2.36. The number of carbonyl (C=O) groups is 2. The minimum Gasteiger partial charge on any atom is -0.494 e. The first kappa shape index (κ1) is 19.3. The molecule has 0 unspecified atom stereocenters. The summed E-state index contributed by atoms with van der Waals surface area (Å²) in [6, 6.07) is 11.4. The number of carbonyl (C=O) groups excluding carboxylic acids is 2. The van der Waals surface area contributed by atoms with Crippen molar-refractivity contribution in [2.24, 2.45) is 0 Å². The molecule has 2 aromatic rings. The van der Waals surface area contributed by atoms with Crippen molar-refractivity contribution in [3.8, 4) is 17.2 Å². The Morgan fingerprint density at radius 3 is 2.12 bits per heavy atom. The third kappa shape index (κ3) is 4.53. The number of Topliss-reactive ketones (excluding diaryl/α,β-unsaturated/α-hetero) is 1. The largest absolute Gasteiger partial charge is 0.494 e. The highest BCUT2D eigenvalue weighted by atomic mass is 16.5. The van der Waals surface area contributed by atoms with Crippen LogP contribution in [-0.2, 0) is 4.74 Å². The Hall–Kier alpha value is -3.02. The van der Waals surface area contributed by atoms with Gasteiger partial charge >= 0.3 is 5.97 Å². The summed E-state index contributed by atoms with van der Waals surface area (Å²) in [5.41, 5.74) is 0.718. The fraction of sp³-hybridized carbons (Fsp3) is 0.300. The van der Waals surface area contributed by atoms with Gasteiger partial charge in [-0.1, -0.05) is 0 Å². The van der Waals surface area contributed by atoms with Crippen molar-refractivity contribution in [3.05, 3.63) is 53.6 Å². The summed E-state index contributed by atoms with van der Waals surface area (Å²) in [6.07, 6.45) is -0.923. The van der Waals surface area contributed by atoms with Crippen LogP contribution < -0.4 is 14.2 Å². The molecular formula is C20H22O6. The summed E-state index contributed by atoms with van der Waals surface area (Å²) in [6.45, 7) is 3.97. The number of ketones is 1. The van der Waals surface area contributed by atoms with E-state index < -0.39 is 12.1 Å². The van der Waals surface area contributed by atoms with Crippen molar-refractivity contribution in [2.75, 3.05) is 20.8 Å². The molecule has 2 rings (SSSR count). The van der Waals surface area contributed by atoms with Gasteiger partial charge in [-0.15, -0.1) is 0 Å². The molecule has 0 aliphatic rings. The average molecular weight is 358 g/mol. The predicted octanol–water partition coefficient (Wildman–Crippen LogP) is 3.53. The van der Waals surface area contributed by atoms with Crippen molar-refractivity contribution in [3.63, 3.8) is 0 Å². The summed E-state index contributed by atoms with van der Waals surface area (Å²) in [5, 5.41) is 0. The molecule has 0 amide bonds. The van der Waals surface area contributed by atoms with Crippen molar-refractivity contribution >= 4 is 11.8 Å². The van der Waals surface area contributed by atoms with Gasteiger partial charge in [-0.25, -0.2) is 4.79 Å². The molecule has 0 radical (unpaired) electrons. The second kappa shape index (κ2) is 8.89. The molecule has 0 saturated heterocycles. The maximum atomic E-state index is 12.4. The van der Waals surface area contributed by atoms with Gasteiger partial charge in [-0.3, -0.25) is 4.79 Å². The minimum absolute atomic E-state index is 0.272. The highest BCUT2D eigenvalue weighted by molar-refractivity contribution is 6.01. The molecule has 0 N–H and O–H groups in total. The Balaban J connectivity index is 2.07. The molecule has 138 valence electrons. The van der Waals surface area contributed by atoms with E-state index in [1.165, 1.54) is 27.2 Å². The Bertz CT molecular complexity index is 766. The average Bonchev–Trinajstić information content (AvgIpc) is 2.67. The van der Waals surface area contributed by atoms with Crippen molar-refractivity contribution in [1.29, 1.82) is 0 Å². The van der Waals surface area contributed by atoms with Crippen LogP contribution in [0, 0.1) is 0 Å². The number of rotatable bonds is 8. The quantitative estimate of drug-likeness (QED) is 0.531. The van der Waals surface area contributed by atoms with Crippen LogP contribution in [0.15, 0.2) is 42.5 Å². The number of methoxy groups -OCH3 is 2. The molecule has 2 aromatic carbocycles. The maximum Gasteiger partial charge on any atom is 0.338 e. The van der Waals surface area contributed by atoms with Crippen LogP contribution in [0.4, 0.5) is 0 Å². The molecule has 1 atom stereocenters. The molecule has 0 bridgehead atoms. The summed E-state index contributed by atoms with van der Waals surface area (Å²) < 4.78 is 20.9. The lowest BCUT2D eigenvalue weighted by molar-refractivity contribution is 0.0318. The second-order valence-corrected chi connectivity index (χ2v) is 5.44. The standard InChI is InChI=1S/C20H22O6/c1-5-25-16-9-6-14(7-10-16)19(21)13(2)26-20(22)15-8-11-17(23-3)18(12-15)24-4/h6-13H,5H2,1-4H3/t13-/m0/s1. The summed E-state index contributed by atoms with van der Waals surface area (Å²) in [7, 11) is 2.98. The molecule has 6 nitrogen and oxygen atoms in total. The van der Waals surface area contributed by atoms with Gasteiger partial charge in [0.2, 0.25) is 5.78 Å². The monoisotopic (exact) mass is 358 g/mol. The predicted molar refractivity (Wildman–Crippen MR) is 96.4 cm³/mol. The SMILES string of the molecule is CCOc1ccc(C(=O)[C@H](C)OC(=O)c2ccc(OC)c(OC)c2)cc1. The second-order valence-electron chi connectivity index (χ2n) is 5.44. The first-order valence-corrected chi connectivity index (χ1v) is 8.20. The number of benzene rings is 2. The van der Waals surface area contributed by atoms with E-state index >= 15 is 0 Å². The third-order valence-electron chi connectivity index (χ3n) is 3.72. The molecule has 0 aromatic heterocycles. The molecule has 0 heterocycles. The van der Waals surface area contributed by atoms with E-state index in [1.54, 1.807) is 36.4 Å². The molecule has 26 heavy (non-hydrogen) atoms. The Kier molecular flexibility index (Phi) is 6.60. The zero-order chi connectivity index (χ0) is 19.1. The summed E-state index contributed by atoms with van der Waals surface area (Å²) >= 11 is 0. The lowest BCUT2D eigenvalue weighted by atomic mass is 10.1. The van der Waals surface area contributed by atoms with Crippen LogP contribution in [0.5, 0.6) is 17.2 Å². The van der Waals surface area contributed by atoms with Crippen molar-refractivity contribution in [2.45, 2.75) is 20.0 Å². The molecule has 0 aliphatic heterocycles. The van der Waals surface area contributed by atoms with Gasteiger partial charge < -0.3 is 18.9 Å². The van der Waals surface area contributed by atoms with Gasteiger partial charge in [0.15, 0.2) is 17.6 Å². The minimum atomic E-state index is -0.923. The van der Waals surface area contributed by atoms with Gasteiger partial charge in [0.1, 0.15) is 5.75 Å². The molecule has 6 heteroatoms. The number of esters is 1. The summed E-state index contributed by atoms with van der Waals surface area (Å²) in [4.78, 5) is 24.7. The van der Waals surface area contributed by atoms with Crippen LogP contribution in [0.2, 0.25) is 0 Å². The van der Waals surface area contributed by atoms with E-state index in [0.29, 0.717) is 29.4 Å². The van der Waals surface area contributed by atoms with Crippen LogP contribution >= 0.6 is 0 Å². The highest BCUT2D eigenvalue weighted by Gasteiger charge is 2.21. The van der Waals surface area contributed by atoms with Gasteiger partial charge in [0, 0.05) is 5.56 Å². The van der Waals surface area contributed by atoms with Gasteiger partial charge in [-0.05, 0) is 56.3 Å². The fourth-order valence-electron chi connectivity index (χ4n) is 2.36. The van der Waals surface area contributed by atoms with Crippen LogP contribution in [-0.4, -0.2) is 38.7 Å². The lowest BCUT2D eigenvalue weighted by Gasteiger charge is -2.14. The smallest absolute Gasteiger partial charge is 0.338 e.